The zero-order chi connectivity index (χ0) is 9.68. The normalized spacial score (nSPS) is 9.62. The Balaban J connectivity index is 2.37. The van der Waals surface area contributed by atoms with Crippen LogP contribution in [-0.4, -0.2) is 11.6 Å². The van der Waals surface area contributed by atoms with E-state index in [1.807, 2.05) is 0 Å². The summed E-state index contributed by atoms with van der Waals surface area (Å²) in [6.45, 7) is 0.432. The summed E-state index contributed by atoms with van der Waals surface area (Å²) >= 11 is 4.67. The first-order valence-electron chi connectivity index (χ1n) is 3.85. The van der Waals surface area contributed by atoms with Crippen LogP contribution in [0.1, 0.15) is 6.42 Å². The lowest BCUT2D eigenvalue weighted by molar-refractivity contribution is 0.329. The van der Waals surface area contributed by atoms with Crippen molar-refractivity contribution >= 4 is 17.2 Å². The molecule has 0 aliphatic carbocycles. The Labute approximate surface area is 81.5 Å². The van der Waals surface area contributed by atoms with E-state index in [-0.39, 0.29) is 5.82 Å². The number of nitrogens with two attached hydrogens (primary N) is 1. The first kappa shape index (κ1) is 9.92. The summed E-state index contributed by atoms with van der Waals surface area (Å²) in [5, 5.41) is 0. The molecule has 1 aromatic rings. The fourth-order valence-electron chi connectivity index (χ4n) is 0.800. The number of benzene rings is 1. The number of halogens is 1. The zero-order valence-corrected chi connectivity index (χ0v) is 7.81. The highest BCUT2D eigenvalue weighted by molar-refractivity contribution is 7.80. The summed E-state index contributed by atoms with van der Waals surface area (Å²) in [6.07, 6.45) is 0.534. The molecule has 1 rings (SSSR count). The van der Waals surface area contributed by atoms with Gasteiger partial charge in [-0.2, -0.15) is 0 Å². The van der Waals surface area contributed by atoms with Gasteiger partial charge in [0.1, 0.15) is 11.6 Å². The standard InChI is InChI=1S/C9H10FNOS/c10-7-1-3-8(4-2-7)12-6-5-9(11)13/h1-4H,5-6H2,(H2,11,13). The average Bonchev–Trinajstić information content (AvgIpc) is 2.08. The van der Waals surface area contributed by atoms with Gasteiger partial charge in [-0.05, 0) is 24.3 Å². The topological polar surface area (TPSA) is 35.2 Å². The van der Waals surface area contributed by atoms with Gasteiger partial charge in [0.05, 0.1) is 11.6 Å². The van der Waals surface area contributed by atoms with Crippen LogP contribution in [0.5, 0.6) is 5.75 Å². The van der Waals surface area contributed by atoms with E-state index in [0.29, 0.717) is 23.8 Å². The van der Waals surface area contributed by atoms with Crippen molar-refractivity contribution in [2.45, 2.75) is 6.42 Å². The average molecular weight is 199 g/mol. The fourth-order valence-corrected chi connectivity index (χ4v) is 0.884. The van der Waals surface area contributed by atoms with E-state index in [4.69, 9.17) is 10.5 Å². The molecule has 0 atom stereocenters. The smallest absolute Gasteiger partial charge is 0.123 e. The van der Waals surface area contributed by atoms with Gasteiger partial charge in [0.25, 0.3) is 0 Å². The van der Waals surface area contributed by atoms with Crippen LogP contribution in [0.2, 0.25) is 0 Å². The van der Waals surface area contributed by atoms with Crippen molar-refractivity contribution in [3.8, 4) is 5.75 Å². The first-order valence-corrected chi connectivity index (χ1v) is 4.26. The molecule has 0 aromatic heterocycles. The minimum Gasteiger partial charge on any atom is -0.493 e. The van der Waals surface area contributed by atoms with Gasteiger partial charge in [-0.1, -0.05) is 12.2 Å². The largest absolute Gasteiger partial charge is 0.493 e. The molecule has 13 heavy (non-hydrogen) atoms. The Hall–Kier alpha value is -1.16. The van der Waals surface area contributed by atoms with Crippen molar-refractivity contribution in [2.75, 3.05) is 6.61 Å². The first-order chi connectivity index (χ1) is 6.18. The van der Waals surface area contributed by atoms with Gasteiger partial charge >= 0.3 is 0 Å². The van der Waals surface area contributed by atoms with E-state index in [2.05, 4.69) is 12.2 Å². The van der Waals surface area contributed by atoms with E-state index in [1.165, 1.54) is 12.1 Å². The predicted octanol–water partition coefficient (Wildman–Crippen LogP) is 1.88. The maximum atomic E-state index is 12.4. The molecule has 4 heteroatoms. The molecule has 0 aliphatic rings. The summed E-state index contributed by atoms with van der Waals surface area (Å²) in [6, 6.07) is 5.82. The van der Waals surface area contributed by atoms with Crippen LogP contribution < -0.4 is 10.5 Å². The predicted molar refractivity (Wildman–Crippen MR) is 53.3 cm³/mol. The van der Waals surface area contributed by atoms with Crippen LogP contribution in [0.25, 0.3) is 0 Å². The molecule has 0 radical (unpaired) electrons. The maximum absolute atomic E-state index is 12.4. The zero-order valence-electron chi connectivity index (χ0n) is 7.00. The third-order valence-corrected chi connectivity index (χ3v) is 1.63. The van der Waals surface area contributed by atoms with Crippen LogP contribution in [0.4, 0.5) is 4.39 Å². The van der Waals surface area contributed by atoms with Gasteiger partial charge in [-0.25, -0.2) is 4.39 Å². The van der Waals surface area contributed by atoms with Gasteiger partial charge in [0.2, 0.25) is 0 Å². The lowest BCUT2D eigenvalue weighted by Gasteiger charge is -2.04. The lowest BCUT2D eigenvalue weighted by Crippen LogP contribution is -2.12. The van der Waals surface area contributed by atoms with E-state index < -0.39 is 0 Å². The molecule has 70 valence electrons. The van der Waals surface area contributed by atoms with Gasteiger partial charge in [0.15, 0.2) is 0 Å². The van der Waals surface area contributed by atoms with E-state index in [1.54, 1.807) is 12.1 Å². The van der Waals surface area contributed by atoms with Gasteiger partial charge < -0.3 is 10.5 Å². The van der Waals surface area contributed by atoms with Crippen LogP contribution in [0.3, 0.4) is 0 Å². The number of ether oxygens (including phenoxy) is 1. The van der Waals surface area contributed by atoms with Crippen LogP contribution in [-0.2, 0) is 0 Å². The SMILES string of the molecule is NC(=S)CCOc1ccc(F)cc1. The molecular weight excluding hydrogens is 189 g/mol. The summed E-state index contributed by atoms with van der Waals surface area (Å²) in [5.74, 6) is 0.347. The molecule has 0 heterocycles. The summed E-state index contributed by atoms with van der Waals surface area (Å²) in [7, 11) is 0. The van der Waals surface area contributed by atoms with Crippen LogP contribution in [0, 0.1) is 5.82 Å². The number of thiocarbonyl (C=S) groups is 1. The molecule has 0 unspecified atom stereocenters. The Bertz CT molecular complexity index is 286. The Kier molecular flexibility index (Phi) is 3.64. The van der Waals surface area contributed by atoms with Crippen molar-refractivity contribution < 1.29 is 9.13 Å². The highest BCUT2D eigenvalue weighted by atomic mass is 32.1. The van der Waals surface area contributed by atoms with E-state index in [9.17, 15) is 4.39 Å². The van der Waals surface area contributed by atoms with Gasteiger partial charge in [-0.3, -0.25) is 0 Å². The molecule has 0 saturated heterocycles. The fraction of sp³-hybridized carbons (Fsp3) is 0.222. The van der Waals surface area contributed by atoms with Crippen molar-refractivity contribution in [1.29, 1.82) is 0 Å². The second kappa shape index (κ2) is 4.77. The Morgan fingerprint density at radius 2 is 2.00 bits per heavy atom. The number of rotatable bonds is 4. The third kappa shape index (κ3) is 3.85. The molecule has 0 bridgehead atoms. The van der Waals surface area contributed by atoms with E-state index >= 15 is 0 Å². The van der Waals surface area contributed by atoms with Gasteiger partial charge in [0, 0.05) is 6.42 Å². The molecule has 0 spiro atoms. The summed E-state index contributed by atoms with van der Waals surface area (Å²) < 4.78 is 17.7. The lowest BCUT2D eigenvalue weighted by atomic mass is 10.3. The molecule has 0 aliphatic heterocycles. The second-order valence-electron chi connectivity index (χ2n) is 2.52. The maximum Gasteiger partial charge on any atom is 0.123 e. The van der Waals surface area contributed by atoms with Crippen LogP contribution in [0.15, 0.2) is 24.3 Å². The minimum atomic E-state index is -0.276. The molecular formula is C9H10FNOS. The number of hydrogen-bond acceptors (Lipinski definition) is 2. The second-order valence-corrected chi connectivity index (χ2v) is 3.04. The summed E-state index contributed by atoms with van der Waals surface area (Å²) in [4.78, 5) is 0.419. The molecule has 0 saturated carbocycles. The minimum absolute atomic E-state index is 0.276. The molecule has 2 nitrogen and oxygen atoms in total. The van der Waals surface area contributed by atoms with Gasteiger partial charge in [-0.15, -0.1) is 0 Å². The monoisotopic (exact) mass is 199 g/mol. The van der Waals surface area contributed by atoms with Crippen molar-refractivity contribution in [2.24, 2.45) is 5.73 Å². The highest BCUT2D eigenvalue weighted by Gasteiger charge is 1.94. The highest BCUT2D eigenvalue weighted by Crippen LogP contribution is 2.10. The van der Waals surface area contributed by atoms with Crippen molar-refractivity contribution in [3.05, 3.63) is 30.1 Å². The Morgan fingerprint density at radius 3 is 2.54 bits per heavy atom. The Morgan fingerprint density at radius 1 is 1.38 bits per heavy atom. The molecule has 2 N–H and O–H groups in total. The van der Waals surface area contributed by atoms with Crippen molar-refractivity contribution in [1.82, 2.24) is 0 Å². The van der Waals surface area contributed by atoms with E-state index in [0.717, 1.165) is 0 Å². The summed E-state index contributed by atoms with van der Waals surface area (Å²) in [5.41, 5.74) is 5.27. The number of hydrogen-bond donors (Lipinski definition) is 1. The van der Waals surface area contributed by atoms with Crippen LogP contribution >= 0.6 is 12.2 Å². The van der Waals surface area contributed by atoms with Crippen molar-refractivity contribution in [3.63, 3.8) is 0 Å². The molecule has 0 amide bonds. The third-order valence-electron chi connectivity index (χ3n) is 1.43. The molecule has 0 fully saturated rings. The quantitative estimate of drug-likeness (QED) is 0.752. The molecule has 1 aromatic carbocycles.